The molecule has 0 saturated heterocycles. The fourth-order valence-electron chi connectivity index (χ4n) is 2.25. The molecule has 1 N–H and O–H groups in total. The van der Waals surface area contributed by atoms with Gasteiger partial charge in [0.2, 0.25) is 15.9 Å². The van der Waals surface area contributed by atoms with Crippen molar-refractivity contribution in [2.45, 2.75) is 17.6 Å². The van der Waals surface area contributed by atoms with Crippen molar-refractivity contribution < 1.29 is 13.2 Å². The molecule has 0 saturated carbocycles. The third-order valence-electron chi connectivity index (χ3n) is 3.78. The Balaban J connectivity index is 1.70. The Morgan fingerprint density at radius 2 is 1.73 bits per heavy atom. The normalized spacial score (nSPS) is 11.5. The van der Waals surface area contributed by atoms with Crippen molar-refractivity contribution in [1.29, 1.82) is 0 Å². The molecular weight excluding hydrogens is 368 g/mol. The fraction of sp³-hybridized carbons (Fsp3) is 0.316. The largest absolute Gasteiger partial charge is 0.354 e. The van der Waals surface area contributed by atoms with Crippen molar-refractivity contribution in [3.05, 3.63) is 65.7 Å². The van der Waals surface area contributed by atoms with Gasteiger partial charge in [-0.25, -0.2) is 8.42 Å². The summed E-state index contributed by atoms with van der Waals surface area (Å²) in [6.45, 7) is 2.37. The predicted molar refractivity (Wildman–Crippen MR) is 107 cm³/mol. The van der Waals surface area contributed by atoms with Crippen LogP contribution in [0.5, 0.6) is 0 Å². The van der Waals surface area contributed by atoms with Gasteiger partial charge in [-0.15, -0.1) is 0 Å². The highest BCUT2D eigenvalue weighted by molar-refractivity contribution is 7.98. The Hall–Kier alpha value is -1.83. The summed E-state index contributed by atoms with van der Waals surface area (Å²) < 4.78 is 25.8. The second kappa shape index (κ2) is 9.75. The molecule has 2 aromatic rings. The highest BCUT2D eigenvalue weighted by Gasteiger charge is 2.22. The van der Waals surface area contributed by atoms with Gasteiger partial charge in [-0.05, 0) is 24.6 Å². The number of hydrogen-bond donors (Lipinski definition) is 1. The summed E-state index contributed by atoms with van der Waals surface area (Å²) >= 11 is 1.73. The van der Waals surface area contributed by atoms with E-state index in [0.717, 1.165) is 15.8 Å². The van der Waals surface area contributed by atoms with Crippen LogP contribution in [0.4, 0.5) is 0 Å². The van der Waals surface area contributed by atoms with Crippen LogP contribution in [0.2, 0.25) is 0 Å². The van der Waals surface area contributed by atoms with E-state index in [1.807, 2.05) is 0 Å². The van der Waals surface area contributed by atoms with Gasteiger partial charge >= 0.3 is 0 Å². The number of carbonyl (C=O) groups excluding carboxylic acids is 1. The molecule has 5 nitrogen and oxygen atoms in total. The SMILES string of the molecule is Cc1ccc(CSCCNC(=O)CN(C)S(=O)(=O)c2ccccc2)cc1. The highest BCUT2D eigenvalue weighted by atomic mass is 32.2. The van der Waals surface area contributed by atoms with Crippen molar-refractivity contribution in [1.82, 2.24) is 9.62 Å². The van der Waals surface area contributed by atoms with E-state index < -0.39 is 10.0 Å². The van der Waals surface area contributed by atoms with Crippen molar-refractivity contribution >= 4 is 27.7 Å². The molecule has 0 aromatic heterocycles. The smallest absolute Gasteiger partial charge is 0.243 e. The summed E-state index contributed by atoms with van der Waals surface area (Å²) in [6, 6.07) is 16.5. The van der Waals surface area contributed by atoms with Gasteiger partial charge in [-0.1, -0.05) is 48.0 Å². The standard InChI is InChI=1S/C19H24N2O3S2/c1-16-8-10-17(11-9-16)15-25-13-12-20-19(22)14-21(2)26(23,24)18-6-4-3-5-7-18/h3-11H,12-15H2,1-2H3,(H,20,22). The lowest BCUT2D eigenvalue weighted by molar-refractivity contribution is -0.121. The van der Waals surface area contributed by atoms with Gasteiger partial charge in [-0.3, -0.25) is 4.79 Å². The molecule has 0 fully saturated rings. The number of sulfonamides is 1. The first-order chi connectivity index (χ1) is 12.4. The topological polar surface area (TPSA) is 66.5 Å². The van der Waals surface area contributed by atoms with Crippen LogP contribution in [0.25, 0.3) is 0 Å². The van der Waals surface area contributed by atoms with E-state index in [2.05, 4.69) is 36.5 Å². The van der Waals surface area contributed by atoms with Crippen LogP contribution in [0.3, 0.4) is 0 Å². The van der Waals surface area contributed by atoms with Gasteiger partial charge in [-0.2, -0.15) is 16.1 Å². The predicted octanol–water partition coefficient (Wildman–Crippen LogP) is 2.67. The number of benzene rings is 2. The summed E-state index contributed by atoms with van der Waals surface area (Å²) in [6.07, 6.45) is 0. The molecule has 1 amide bonds. The average Bonchev–Trinajstić information content (AvgIpc) is 2.63. The van der Waals surface area contributed by atoms with Crippen LogP contribution in [0.1, 0.15) is 11.1 Å². The number of carbonyl (C=O) groups is 1. The minimum atomic E-state index is -3.64. The van der Waals surface area contributed by atoms with Gasteiger partial charge in [0.15, 0.2) is 0 Å². The van der Waals surface area contributed by atoms with Gasteiger partial charge in [0.05, 0.1) is 11.4 Å². The molecule has 0 aliphatic rings. The molecular formula is C19H24N2O3S2. The average molecular weight is 393 g/mol. The van der Waals surface area contributed by atoms with Crippen LogP contribution in [-0.4, -0.2) is 44.5 Å². The number of likely N-dealkylation sites (N-methyl/N-ethyl adjacent to an activating group) is 1. The van der Waals surface area contributed by atoms with Crippen LogP contribution in [-0.2, 0) is 20.6 Å². The van der Waals surface area contributed by atoms with Gasteiger partial charge in [0.1, 0.15) is 0 Å². The lowest BCUT2D eigenvalue weighted by Gasteiger charge is -2.16. The number of thioether (sulfide) groups is 1. The first-order valence-corrected chi connectivity index (χ1v) is 10.9. The summed E-state index contributed by atoms with van der Waals surface area (Å²) in [5.74, 6) is 1.36. The van der Waals surface area contributed by atoms with E-state index in [0.29, 0.717) is 6.54 Å². The second-order valence-corrected chi connectivity index (χ2v) is 9.11. The Kier molecular flexibility index (Phi) is 7.68. The van der Waals surface area contributed by atoms with Crippen LogP contribution in [0, 0.1) is 6.92 Å². The molecule has 0 atom stereocenters. The minimum absolute atomic E-state index is 0.184. The van der Waals surface area contributed by atoms with Gasteiger partial charge in [0.25, 0.3) is 0 Å². The zero-order chi connectivity index (χ0) is 19.0. The molecule has 2 aromatic carbocycles. The zero-order valence-electron chi connectivity index (χ0n) is 15.0. The molecule has 26 heavy (non-hydrogen) atoms. The van der Waals surface area contributed by atoms with Gasteiger partial charge in [0, 0.05) is 25.1 Å². The molecule has 0 unspecified atom stereocenters. The number of rotatable bonds is 9. The number of amides is 1. The zero-order valence-corrected chi connectivity index (χ0v) is 16.6. The van der Waals surface area contributed by atoms with E-state index >= 15 is 0 Å². The molecule has 0 aliphatic carbocycles. The van der Waals surface area contributed by atoms with E-state index in [-0.39, 0.29) is 17.3 Å². The highest BCUT2D eigenvalue weighted by Crippen LogP contribution is 2.13. The number of nitrogens with zero attached hydrogens (tertiary/aromatic N) is 1. The Morgan fingerprint density at radius 3 is 2.38 bits per heavy atom. The van der Waals surface area contributed by atoms with Gasteiger partial charge < -0.3 is 5.32 Å². The number of hydrogen-bond acceptors (Lipinski definition) is 4. The Morgan fingerprint density at radius 1 is 1.08 bits per heavy atom. The number of aryl methyl sites for hydroxylation is 1. The van der Waals surface area contributed by atoms with E-state index in [1.165, 1.54) is 30.3 Å². The summed E-state index contributed by atoms with van der Waals surface area (Å²) in [4.78, 5) is 12.2. The molecule has 140 valence electrons. The van der Waals surface area contributed by atoms with Crippen LogP contribution < -0.4 is 5.32 Å². The van der Waals surface area contributed by atoms with Crippen LogP contribution >= 0.6 is 11.8 Å². The van der Waals surface area contributed by atoms with E-state index in [4.69, 9.17) is 0 Å². The maximum absolute atomic E-state index is 12.4. The maximum atomic E-state index is 12.4. The molecule has 0 radical (unpaired) electrons. The summed E-state index contributed by atoms with van der Waals surface area (Å²) in [5, 5.41) is 2.77. The second-order valence-electron chi connectivity index (χ2n) is 5.96. The third kappa shape index (κ3) is 6.16. The quantitative estimate of drug-likeness (QED) is 0.666. The molecule has 0 aliphatic heterocycles. The molecule has 0 bridgehead atoms. The van der Waals surface area contributed by atoms with Crippen molar-refractivity contribution in [3.8, 4) is 0 Å². The lowest BCUT2D eigenvalue weighted by atomic mass is 10.2. The van der Waals surface area contributed by atoms with E-state index in [1.54, 1.807) is 30.0 Å². The summed E-state index contributed by atoms with van der Waals surface area (Å²) in [5.41, 5.74) is 2.49. The van der Waals surface area contributed by atoms with Crippen molar-refractivity contribution in [3.63, 3.8) is 0 Å². The Labute approximate surface area is 159 Å². The maximum Gasteiger partial charge on any atom is 0.243 e. The molecule has 0 spiro atoms. The van der Waals surface area contributed by atoms with Crippen molar-refractivity contribution in [2.24, 2.45) is 0 Å². The molecule has 0 heterocycles. The summed E-state index contributed by atoms with van der Waals surface area (Å²) in [7, 11) is -2.23. The van der Waals surface area contributed by atoms with Crippen LogP contribution in [0.15, 0.2) is 59.5 Å². The number of nitrogens with one attached hydrogen (secondary N) is 1. The first kappa shape index (κ1) is 20.5. The monoisotopic (exact) mass is 392 g/mol. The molecule has 2 rings (SSSR count). The first-order valence-electron chi connectivity index (χ1n) is 8.31. The third-order valence-corrected chi connectivity index (χ3v) is 6.62. The Bertz CT molecular complexity index is 806. The fourth-order valence-corrected chi connectivity index (χ4v) is 4.22. The lowest BCUT2D eigenvalue weighted by Crippen LogP contribution is -2.39. The minimum Gasteiger partial charge on any atom is -0.354 e. The van der Waals surface area contributed by atoms with E-state index in [9.17, 15) is 13.2 Å². The molecule has 7 heteroatoms. The van der Waals surface area contributed by atoms with Crippen molar-refractivity contribution in [2.75, 3.05) is 25.9 Å².